The lowest BCUT2D eigenvalue weighted by Gasteiger charge is -2.42. The van der Waals surface area contributed by atoms with Gasteiger partial charge in [0.2, 0.25) is 0 Å². The van der Waals surface area contributed by atoms with Crippen molar-refractivity contribution < 1.29 is 4.74 Å². The van der Waals surface area contributed by atoms with Crippen molar-refractivity contribution in [1.29, 1.82) is 0 Å². The van der Waals surface area contributed by atoms with E-state index in [0.717, 1.165) is 49.6 Å². The molecule has 1 unspecified atom stereocenters. The van der Waals surface area contributed by atoms with Crippen LogP contribution in [0.25, 0.3) is 0 Å². The van der Waals surface area contributed by atoms with Gasteiger partial charge >= 0.3 is 0 Å². The van der Waals surface area contributed by atoms with Gasteiger partial charge in [-0.2, -0.15) is 0 Å². The number of aliphatic imine (C=N–C) groups is 1. The number of nitrogens with zero attached hydrogens (tertiary/aromatic N) is 2. The van der Waals surface area contributed by atoms with Crippen molar-refractivity contribution in [2.24, 2.45) is 16.3 Å². The van der Waals surface area contributed by atoms with Crippen LogP contribution >= 0.6 is 15.9 Å². The van der Waals surface area contributed by atoms with Crippen molar-refractivity contribution in [3.8, 4) is 0 Å². The lowest BCUT2D eigenvalue weighted by Crippen LogP contribution is -2.47. The van der Waals surface area contributed by atoms with Gasteiger partial charge < -0.3 is 20.3 Å². The smallest absolute Gasteiger partial charge is 0.191 e. The van der Waals surface area contributed by atoms with E-state index in [1.807, 2.05) is 7.05 Å². The molecule has 150 valence electrons. The number of rotatable bonds is 8. The van der Waals surface area contributed by atoms with E-state index in [2.05, 4.69) is 60.7 Å². The molecule has 1 aromatic carbocycles. The first-order chi connectivity index (χ1) is 13.1. The number of guanidine groups is 1. The van der Waals surface area contributed by atoms with Crippen LogP contribution in [0.1, 0.15) is 32.1 Å². The third-order valence-corrected chi connectivity index (χ3v) is 6.67. The average molecular weight is 437 g/mol. The fourth-order valence-electron chi connectivity index (χ4n) is 4.13. The van der Waals surface area contributed by atoms with E-state index in [9.17, 15) is 0 Å². The Hall–Kier alpha value is -1.27. The molecule has 1 saturated heterocycles. The highest BCUT2D eigenvalue weighted by molar-refractivity contribution is 9.10. The predicted molar refractivity (Wildman–Crippen MR) is 117 cm³/mol. The van der Waals surface area contributed by atoms with Gasteiger partial charge in [-0.1, -0.05) is 22.4 Å². The van der Waals surface area contributed by atoms with E-state index in [1.54, 1.807) is 7.11 Å². The van der Waals surface area contributed by atoms with Crippen molar-refractivity contribution in [2.75, 3.05) is 51.8 Å². The minimum Gasteiger partial charge on any atom is -0.385 e. The fraction of sp³-hybridized carbons (Fsp3) is 0.667. The highest BCUT2D eigenvalue weighted by Crippen LogP contribution is 2.43. The van der Waals surface area contributed by atoms with Crippen LogP contribution in [0.5, 0.6) is 0 Å². The third kappa shape index (κ3) is 5.61. The molecule has 3 rings (SSSR count). The average Bonchev–Trinajstić information content (AvgIpc) is 3.12. The van der Waals surface area contributed by atoms with Crippen molar-refractivity contribution in [3.63, 3.8) is 0 Å². The molecular weight excluding hydrogens is 404 g/mol. The molecule has 0 amide bonds. The van der Waals surface area contributed by atoms with E-state index >= 15 is 0 Å². The maximum absolute atomic E-state index is 5.29. The monoisotopic (exact) mass is 436 g/mol. The van der Waals surface area contributed by atoms with Crippen molar-refractivity contribution >= 4 is 27.6 Å². The lowest BCUT2D eigenvalue weighted by molar-refractivity contribution is 0.0732. The molecule has 1 aromatic rings. The molecule has 1 saturated carbocycles. The van der Waals surface area contributed by atoms with Gasteiger partial charge in [0, 0.05) is 57.1 Å². The minimum absolute atomic E-state index is 0.402. The molecule has 5 nitrogen and oxygen atoms in total. The summed E-state index contributed by atoms with van der Waals surface area (Å²) in [7, 11) is 3.65. The summed E-state index contributed by atoms with van der Waals surface area (Å²) >= 11 is 3.51. The van der Waals surface area contributed by atoms with E-state index in [1.165, 1.54) is 31.4 Å². The second-order valence-corrected chi connectivity index (χ2v) is 8.90. The van der Waals surface area contributed by atoms with Gasteiger partial charge in [0.05, 0.1) is 0 Å². The summed E-state index contributed by atoms with van der Waals surface area (Å²) < 4.78 is 6.43. The van der Waals surface area contributed by atoms with Gasteiger partial charge in [-0.3, -0.25) is 4.99 Å². The number of anilines is 1. The molecule has 1 aliphatic heterocycles. The summed E-state index contributed by atoms with van der Waals surface area (Å²) in [5, 5.41) is 7.10. The van der Waals surface area contributed by atoms with Crippen molar-refractivity contribution in [2.45, 2.75) is 32.1 Å². The zero-order valence-electron chi connectivity index (χ0n) is 16.6. The second kappa shape index (κ2) is 9.78. The zero-order chi connectivity index (χ0) is 19.1. The Morgan fingerprint density at radius 3 is 2.70 bits per heavy atom. The van der Waals surface area contributed by atoms with Gasteiger partial charge in [-0.05, 0) is 61.3 Å². The molecule has 1 heterocycles. The molecule has 0 bridgehead atoms. The summed E-state index contributed by atoms with van der Waals surface area (Å²) in [6, 6.07) is 8.62. The summed E-state index contributed by atoms with van der Waals surface area (Å²) in [6.07, 6.45) is 6.29. The largest absolute Gasteiger partial charge is 0.385 e. The predicted octanol–water partition coefficient (Wildman–Crippen LogP) is 3.65. The Bertz CT molecular complexity index is 615. The van der Waals surface area contributed by atoms with E-state index in [-0.39, 0.29) is 0 Å². The third-order valence-electron chi connectivity index (χ3n) is 6.14. The molecule has 2 fully saturated rings. The number of nitrogens with one attached hydrogen (secondary N) is 2. The van der Waals surface area contributed by atoms with Crippen LogP contribution < -0.4 is 15.5 Å². The maximum atomic E-state index is 5.29. The SMILES string of the molecule is CN=C(NCC1CCN(c2ccc(Br)cc2)C1)NCC1(CCOC)CCC1. The molecule has 0 radical (unpaired) electrons. The first kappa shape index (κ1) is 20.5. The summed E-state index contributed by atoms with van der Waals surface area (Å²) in [6.45, 7) is 5.04. The maximum Gasteiger partial charge on any atom is 0.191 e. The minimum atomic E-state index is 0.402. The molecule has 27 heavy (non-hydrogen) atoms. The molecule has 6 heteroatoms. The Morgan fingerprint density at radius 2 is 2.07 bits per heavy atom. The van der Waals surface area contributed by atoms with Crippen molar-refractivity contribution in [1.82, 2.24) is 10.6 Å². The lowest BCUT2D eigenvalue weighted by atomic mass is 9.67. The van der Waals surface area contributed by atoms with Crippen LogP contribution in [0.3, 0.4) is 0 Å². The number of hydrogen-bond donors (Lipinski definition) is 2. The first-order valence-corrected chi connectivity index (χ1v) is 10.9. The highest BCUT2D eigenvalue weighted by atomic mass is 79.9. The van der Waals surface area contributed by atoms with Crippen LogP contribution in [0.4, 0.5) is 5.69 Å². The fourth-order valence-corrected chi connectivity index (χ4v) is 4.39. The highest BCUT2D eigenvalue weighted by Gasteiger charge is 2.36. The van der Waals surface area contributed by atoms with E-state index in [4.69, 9.17) is 4.74 Å². The Balaban J connectivity index is 1.41. The summed E-state index contributed by atoms with van der Waals surface area (Å²) in [5.74, 6) is 1.58. The van der Waals surface area contributed by atoms with Crippen LogP contribution in [0, 0.1) is 11.3 Å². The quantitative estimate of drug-likeness (QED) is 0.482. The van der Waals surface area contributed by atoms with Gasteiger partial charge in [-0.15, -0.1) is 0 Å². The number of ether oxygens (including phenoxy) is 1. The zero-order valence-corrected chi connectivity index (χ0v) is 18.2. The van der Waals surface area contributed by atoms with E-state index in [0.29, 0.717) is 11.3 Å². The number of hydrogen-bond acceptors (Lipinski definition) is 3. The van der Waals surface area contributed by atoms with Gasteiger partial charge in [0.1, 0.15) is 0 Å². The standard InChI is InChI=1S/C21H33BrN4O/c1-23-20(25-16-21(9-3-10-21)11-13-27-2)24-14-17-8-12-26(15-17)19-6-4-18(22)5-7-19/h4-7,17H,3,8-16H2,1-2H3,(H2,23,24,25). The van der Waals surface area contributed by atoms with Gasteiger partial charge in [0.25, 0.3) is 0 Å². The molecule has 2 N–H and O–H groups in total. The van der Waals surface area contributed by atoms with Gasteiger partial charge in [0.15, 0.2) is 5.96 Å². The normalized spacial score (nSPS) is 21.8. The van der Waals surface area contributed by atoms with Crippen molar-refractivity contribution in [3.05, 3.63) is 28.7 Å². The molecule has 1 aliphatic carbocycles. The number of methoxy groups -OCH3 is 1. The molecule has 2 aliphatic rings. The molecule has 0 spiro atoms. The number of halogens is 1. The van der Waals surface area contributed by atoms with Crippen LogP contribution in [-0.4, -0.2) is 52.9 Å². The molecule has 1 atom stereocenters. The number of benzene rings is 1. The van der Waals surface area contributed by atoms with Crippen LogP contribution in [0.15, 0.2) is 33.7 Å². The Morgan fingerprint density at radius 1 is 1.30 bits per heavy atom. The van der Waals surface area contributed by atoms with Gasteiger partial charge in [-0.25, -0.2) is 0 Å². The first-order valence-electron chi connectivity index (χ1n) is 10.1. The summed E-state index contributed by atoms with van der Waals surface area (Å²) in [4.78, 5) is 6.90. The second-order valence-electron chi connectivity index (χ2n) is 7.98. The molecule has 0 aromatic heterocycles. The van der Waals surface area contributed by atoms with Crippen LogP contribution in [0.2, 0.25) is 0 Å². The topological polar surface area (TPSA) is 48.9 Å². The van der Waals surface area contributed by atoms with Crippen LogP contribution in [-0.2, 0) is 4.74 Å². The summed E-state index contributed by atoms with van der Waals surface area (Å²) in [5.41, 5.74) is 1.72. The molecular formula is C21H33BrN4O. The Labute approximate surface area is 172 Å². The van der Waals surface area contributed by atoms with E-state index < -0.39 is 0 Å². The Kier molecular flexibility index (Phi) is 7.41.